The Morgan fingerprint density at radius 2 is 2.05 bits per heavy atom. The largest absolute Gasteiger partial charge is 0.338 e. The molecule has 0 aliphatic heterocycles. The summed E-state index contributed by atoms with van der Waals surface area (Å²) in [5.41, 5.74) is 8.06. The molecule has 0 spiro atoms. The van der Waals surface area contributed by atoms with Gasteiger partial charge in [0.15, 0.2) is 0 Å². The maximum atomic E-state index is 5.80. The predicted molar refractivity (Wildman–Crippen MR) is 79.4 cm³/mol. The third-order valence-corrected chi connectivity index (χ3v) is 4.16. The average molecular weight is 258 g/mol. The van der Waals surface area contributed by atoms with Gasteiger partial charge in [-0.25, -0.2) is 4.98 Å². The zero-order chi connectivity index (χ0) is 13.2. The lowest BCUT2D eigenvalue weighted by Crippen LogP contribution is -2.39. The summed E-state index contributed by atoms with van der Waals surface area (Å²) in [4.78, 5) is 7.22. The van der Waals surface area contributed by atoms with Crippen LogP contribution in [-0.4, -0.2) is 28.7 Å². The average Bonchev–Trinajstić information content (AvgIpc) is 3.05. The van der Waals surface area contributed by atoms with E-state index in [-0.39, 0.29) is 0 Å². The van der Waals surface area contributed by atoms with Gasteiger partial charge < -0.3 is 15.2 Å². The number of fused-ring (bicyclic) bond motifs is 1. The standard InChI is InChI=1S/C15H22N4/c1-18-14-9-5-4-8-13(14)17-15(18)19(11-10-16)12-6-2-3-7-12/h4-5,8-9,12H,2-3,6-7,10-11,16H2,1H3. The summed E-state index contributed by atoms with van der Waals surface area (Å²) in [5, 5.41) is 0. The highest BCUT2D eigenvalue weighted by molar-refractivity contribution is 5.78. The molecule has 0 saturated heterocycles. The number of aryl methyl sites for hydroxylation is 1. The van der Waals surface area contributed by atoms with Crippen molar-refractivity contribution in [2.24, 2.45) is 12.8 Å². The van der Waals surface area contributed by atoms with Crippen LogP contribution in [0.2, 0.25) is 0 Å². The monoisotopic (exact) mass is 258 g/mol. The molecule has 0 atom stereocenters. The van der Waals surface area contributed by atoms with Gasteiger partial charge in [-0.1, -0.05) is 25.0 Å². The van der Waals surface area contributed by atoms with Crippen molar-refractivity contribution in [1.29, 1.82) is 0 Å². The lowest BCUT2D eigenvalue weighted by molar-refractivity contribution is 0.587. The van der Waals surface area contributed by atoms with Crippen molar-refractivity contribution in [2.45, 2.75) is 31.7 Å². The molecule has 4 heteroatoms. The summed E-state index contributed by atoms with van der Waals surface area (Å²) in [5.74, 6) is 1.07. The third-order valence-electron chi connectivity index (χ3n) is 4.16. The van der Waals surface area contributed by atoms with Crippen molar-refractivity contribution in [1.82, 2.24) is 9.55 Å². The van der Waals surface area contributed by atoms with Crippen molar-refractivity contribution in [2.75, 3.05) is 18.0 Å². The number of benzene rings is 1. The number of hydrogen-bond acceptors (Lipinski definition) is 3. The molecule has 3 rings (SSSR count). The van der Waals surface area contributed by atoms with Crippen LogP contribution in [0.3, 0.4) is 0 Å². The van der Waals surface area contributed by atoms with E-state index in [1.807, 2.05) is 6.07 Å². The van der Waals surface area contributed by atoms with E-state index < -0.39 is 0 Å². The number of rotatable bonds is 4. The highest BCUT2D eigenvalue weighted by atomic mass is 15.3. The Balaban J connectivity index is 2.01. The van der Waals surface area contributed by atoms with Gasteiger partial charge in [0.1, 0.15) is 0 Å². The number of nitrogens with two attached hydrogens (primary N) is 1. The highest BCUT2D eigenvalue weighted by Gasteiger charge is 2.25. The van der Waals surface area contributed by atoms with Gasteiger partial charge >= 0.3 is 0 Å². The van der Waals surface area contributed by atoms with Crippen molar-refractivity contribution in [3.05, 3.63) is 24.3 Å². The fraction of sp³-hybridized carbons (Fsp3) is 0.533. The highest BCUT2D eigenvalue weighted by Crippen LogP contribution is 2.29. The summed E-state index contributed by atoms with van der Waals surface area (Å²) in [6, 6.07) is 8.92. The van der Waals surface area contributed by atoms with E-state index in [9.17, 15) is 0 Å². The molecule has 0 radical (unpaired) electrons. The second kappa shape index (κ2) is 5.21. The normalized spacial score (nSPS) is 16.3. The van der Waals surface area contributed by atoms with Gasteiger partial charge in [0.25, 0.3) is 0 Å². The number of nitrogens with zero attached hydrogens (tertiary/aromatic N) is 3. The Morgan fingerprint density at radius 1 is 1.32 bits per heavy atom. The summed E-state index contributed by atoms with van der Waals surface area (Å²) in [6.45, 7) is 1.57. The molecule has 0 unspecified atom stereocenters. The van der Waals surface area contributed by atoms with Crippen LogP contribution in [0, 0.1) is 0 Å². The van der Waals surface area contributed by atoms with Crippen LogP contribution < -0.4 is 10.6 Å². The van der Waals surface area contributed by atoms with Gasteiger partial charge in [-0.2, -0.15) is 0 Å². The smallest absolute Gasteiger partial charge is 0.206 e. The second-order valence-corrected chi connectivity index (χ2v) is 5.38. The first-order chi connectivity index (χ1) is 9.31. The SMILES string of the molecule is Cn1c(N(CCN)C2CCCC2)nc2ccccc21. The van der Waals surface area contributed by atoms with Crippen LogP contribution in [-0.2, 0) is 7.05 Å². The molecular weight excluding hydrogens is 236 g/mol. The minimum Gasteiger partial charge on any atom is -0.338 e. The lowest BCUT2D eigenvalue weighted by Gasteiger charge is -2.29. The first-order valence-corrected chi connectivity index (χ1v) is 7.19. The van der Waals surface area contributed by atoms with Gasteiger partial charge in [-0.3, -0.25) is 0 Å². The minimum absolute atomic E-state index is 0.610. The first-order valence-electron chi connectivity index (χ1n) is 7.19. The van der Waals surface area contributed by atoms with Crippen molar-refractivity contribution < 1.29 is 0 Å². The van der Waals surface area contributed by atoms with E-state index in [0.717, 1.165) is 18.0 Å². The molecule has 1 aromatic carbocycles. The molecule has 19 heavy (non-hydrogen) atoms. The molecule has 1 saturated carbocycles. The van der Waals surface area contributed by atoms with E-state index in [1.54, 1.807) is 0 Å². The Kier molecular flexibility index (Phi) is 3.42. The zero-order valence-corrected chi connectivity index (χ0v) is 11.5. The molecule has 4 nitrogen and oxygen atoms in total. The van der Waals surface area contributed by atoms with Gasteiger partial charge in [0, 0.05) is 26.2 Å². The molecular formula is C15H22N4. The number of anilines is 1. The maximum absolute atomic E-state index is 5.80. The molecule has 1 aliphatic carbocycles. The van der Waals surface area contributed by atoms with Crippen molar-refractivity contribution in [3.8, 4) is 0 Å². The number of para-hydroxylation sites is 2. The minimum atomic E-state index is 0.610. The fourth-order valence-electron chi connectivity index (χ4n) is 3.19. The molecule has 2 N–H and O–H groups in total. The fourth-order valence-corrected chi connectivity index (χ4v) is 3.19. The maximum Gasteiger partial charge on any atom is 0.206 e. The Morgan fingerprint density at radius 3 is 2.74 bits per heavy atom. The Labute approximate surface area is 114 Å². The van der Waals surface area contributed by atoms with E-state index >= 15 is 0 Å². The van der Waals surface area contributed by atoms with Crippen molar-refractivity contribution >= 4 is 17.0 Å². The van der Waals surface area contributed by atoms with Crippen molar-refractivity contribution in [3.63, 3.8) is 0 Å². The van der Waals surface area contributed by atoms with Crippen LogP contribution in [0.25, 0.3) is 11.0 Å². The lowest BCUT2D eigenvalue weighted by atomic mass is 10.2. The molecule has 102 valence electrons. The third kappa shape index (κ3) is 2.21. The van der Waals surface area contributed by atoms with Crippen LogP contribution in [0.5, 0.6) is 0 Å². The number of aromatic nitrogens is 2. The van der Waals surface area contributed by atoms with E-state index in [2.05, 4.69) is 34.7 Å². The van der Waals surface area contributed by atoms with Gasteiger partial charge in [0.2, 0.25) is 5.95 Å². The number of imidazole rings is 1. The molecule has 1 aliphatic rings. The molecule has 1 aromatic heterocycles. The summed E-state index contributed by atoms with van der Waals surface area (Å²) < 4.78 is 2.20. The first kappa shape index (κ1) is 12.5. The van der Waals surface area contributed by atoms with Crippen LogP contribution >= 0.6 is 0 Å². The van der Waals surface area contributed by atoms with E-state index in [4.69, 9.17) is 10.7 Å². The van der Waals surface area contributed by atoms with Gasteiger partial charge in [0.05, 0.1) is 11.0 Å². The quantitative estimate of drug-likeness (QED) is 0.915. The summed E-state index contributed by atoms with van der Waals surface area (Å²) >= 11 is 0. The van der Waals surface area contributed by atoms with Crippen LogP contribution in [0.1, 0.15) is 25.7 Å². The van der Waals surface area contributed by atoms with Crippen LogP contribution in [0.15, 0.2) is 24.3 Å². The van der Waals surface area contributed by atoms with Crippen LogP contribution in [0.4, 0.5) is 5.95 Å². The molecule has 2 aromatic rings. The Hall–Kier alpha value is -1.55. The molecule has 1 fully saturated rings. The zero-order valence-electron chi connectivity index (χ0n) is 11.5. The van der Waals surface area contributed by atoms with Gasteiger partial charge in [-0.15, -0.1) is 0 Å². The topological polar surface area (TPSA) is 47.1 Å². The molecule has 0 amide bonds. The summed E-state index contributed by atoms with van der Waals surface area (Å²) in [7, 11) is 2.10. The van der Waals surface area contributed by atoms with E-state index in [0.29, 0.717) is 12.6 Å². The molecule has 1 heterocycles. The van der Waals surface area contributed by atoms with E-state index in [1.165, 1.54) is 31.2 Å². The summed E-state index contributed by atoms with van der Waals surface area (Å²) in [6.07, 6.45) is 5.19. The second-order valence-electron chi connectivity index (χ2n) is 5.38. The Bertz CT molecular complexity index is 554. The van der Waals surface area contributed by atoms with Gasteiger partial charge in [-0.05, 0) is 25.0 Å². The predicted octanol–water partition coefficient (Wildman–Crippen LogP) is 2.28. The number of hydrogen-bond donors (Lipinski definition) is 1. The molecule has 0 bridgehead atoms.